The number of nitrogens with one attached hydrogen (secondary N) is 2. The highest BCUT2D eigenvalue weighted by Gasteiger charge is 2.50. The molecule has 0 atom stereocenters. The highest BCUT2D eigenvalue weighted by molar-refractivity contribution is 7.87. The van der Waals surface area contributed by atoms with Gasteiger partial charge in [0.05, 0.1) is 5.41 Å². The van der Waals surface area contributed by atoms with Crippen LogP contribution in [0.4, 0.5) is 13.2 Å². The summed E-state index contributed by atoms with van der Waals surface area (Å²) in [6, 6.07) is 0. The molecule has 1 saturated carbocycles. The minimum atomic E-state index is -4.65. The van der Waals surface area contributed by atoms with Crippen molar-refractivity contribution in [2.24, 2.45) is 5.41 Å². The van der Waals surface area contributed by atoms with E-state index in [0.717, 1.165) is 0 Å². The summed E-state index contributed by atoms with van der Waals surface area (Å²) < 4.78 is 60.5. The summed E-state index contributed by atoms with van der Waals surface area (Å²) in [5.74, 6) is -1.16. The fraction of sp³-hybridized carbons (Fsp3) is 0.857. The first-order valence-electron chi connectivity index (χ1n) is 4.61. The number of carbonyl (C=O) groups is 1. The smallest absolute Gasteiger partial charge is 0.402 e. The Hall–Kier alpha value is -0.870. The maximum atomic E-state index is 11.8. The van der Waals surface area contributed by atoms with Crippen molar-refractivity contribution in [3.05, 3.63) is 0 Å². The van der Waals surface area contributed by atoms with Gasteiger partial charge < -0.3 is 5.11 Å². The van der Waals surface area contributed by atoms with E-state index in [1.54, 1.807) is 4.72 Å². The van der Waals surface area contributed by atoms with Crippen molar-refractivity contribution >= 4 is 16.2 Å². The third kappa shape index (κ3) is 4.48. The van der Waals surface area contributed by atoms with E-state index in [1.807, 2.05) is 0 Å². The lowest BCUT2D eigenvalue weighted by atomic mass is 10.1. The van der Waals surface area contributed by atoms with E-state index >= 15 is 0 Å². The van der Waals surface area contributed by atoms with Crippen LogP contribution in [0.5, 0.6) is 0 Å². The largest absolute Gasteiger partial charge is 0.481 e. The van der Waals surface area contributed by atoms with Gasteiger partial charge in [0, 0.05) is 6.54 Å². The van der Waals surface area contributed by atoms with Crippen LogP contribution >= 0.6 is 0 Å². The summed E-state index contributed by atoms with van der Waals surface area (Å²) in [7, 11) is -4.32. The molecule has 100 valence electrons. The molecule has 0 radical (unpaired) electrons. The number of rotatable bonds is 6. The van der Waals surface area contributed by atoms with E-state index in [0.29, 0.717) is 12.8 Å². The first kappa shape index (κ1) is 14.2. The maximum Gasteiger partial charge on any atom is 0.402 e. The molecule has 0 spiro atoms. The minimum Gasteiger partial charge on any atom is -0.481 e. The number of carboxylic acids is 1. The van der Waals surface area contributed by atoms with Crippen molar-refractivity contribution in [1.82, 2.24) is 9.44 Å². The van der Waals surface area contributed by atoms with Crippen molar-refractivity contribution in [2.75, 3.05) is 13.1 Å². The number of carboxylic acid groups (broad SMARTS) is 1. The molecule has 17 heavy (non-hydrogen) atoms. The molecule has 0 bridgehead atoms. The van der Waals surface area contributed by atoms with Crippen LogP contribution in [0.15, 0.2) is 0 Å². The molecule has 0 unspecified atom stereocenters. The molecule has 0 aromatic carbocycles. The molecule has 1 fully saturated rings. The fourth-order valence-electron chi connectivity index (χ4n) is 1.08. The van der Waals surface area contributed by atoms with Crippen LogP contribution in [0.2, 0.25) is 0 Å². The normalized spacial score (nSPS) is 19.0. The van der Waals surface area contributed by atoms with Gasteiger partial charge in [-0.1, -0.05) is 0 Å². The van der Waals surface area contributed by atoms with Crippen LogP contribution in [-0.4, -0.2) is 38.8 Å². The van der Waals surface area contributed by atoms with Gasteiger partial charge in [-0.25, -0.2) is 4.72 Å². The Morgan fingerprint density at radius 3 is 2.18 bits per heavy atom. The summed E-state index contributed by atoms with van der Waals surface area (Å²) in [6.07, 6.45) is -4.03. The first-order valence-corrected chi connectivity index (χ1v) is 6.09. The predicted molar refractivity (Wildman–Crippen MR) is 50.3 cm³/mol. The Labute approximate surface area is 95.4 Å². The molecule has 1 aliphatic rings. The van der Waals surface area contributed by atoms with E-state index in [4.69, 9.17) is 5.11 Å². The standard InChI is InChI=1S/C7H11F3N2O4S/c8-7(9,10)4-12-17(15,16)11-3-6(1-2-6)5(13)14/h11-12H,1-4H2,(H,13,14). The molecule has 1 rings (SSSR count). The highest BCUT2D eigenvalue weighted by atomic mass is 32.2. The Morgan fingerprint density at radius 2 is 1.82 bits per heavy atom. The number of halogens is 3. The van der Waals surface area contributed by atoms with E-state index in [1.165, 1.54) is 4.72 Å². The van der Waals surface area contributed by atoms with Gasteiger partial charge in [-0.3, -0.25) is 4.79 Å². The van der Waals surface area contributed by atoms with Crippen LogP contribution in [-0.2, 0) is 15.0 Å². The molecule has 0 aromatic heterocycles. The molecule has 3 N–H and O–H groups in total. The molecular formula is C7H11F3N2O4S. The van der Waals surface area contributed by atoms with E-state index < -0.39 is 40.9 Å². The zero-order valence-corrected chi connectivity index (χ0v) is 9.36. The third-order valence-electron chi connectivity index (χ3n) is 2.37. The summed E-state index contributed by atoms with van der Waals surface area (Å²) in [5.41, 5.74) is -1.16. The summed E-state index contributed by atoms with van der Waals surface area (Å²) in [5, 5.41) is 8.72. The van der Waals surface area contributed by atoms with Gasteiger partial charge in [0.2, 0.25) is 0 Å². The van der Waals surface area contributed by atoms with Crippen LogP contribution in [0, 0.1) is 5.41 Å². The van der Waals surface area contributed by atoms with Gasteiger partial charge in [0.1, 0.15) is 6.54 Å². The second-order valence-corrected chi connectivity index (χ2v) is 5.43. The Bertz CT molecular complexity index is 402. The lowest BCUT2D eigenvalue weighted by molar-refractivity contribution is -0.143. The molecule has 10 heteroatoms. The Balaban J connectivity index is 2.43. The molecule has 6 nitrogen and oxygen atoms in total. The summed E-state index contributed by atoms with van der Waals surface area (Å²) in [6.45, 7) is -2.10. The second-order valence-electron chi connectivity index (χ2n) is 3.85. The first-order chi connectivity index (χ1) is 7.56. The van der Waals surface area contributed by atoms with Crippen LogP contribution in [0.25, 0.3) is 0 Å². The van der Waals surface area contributed by atoms with E-state index in [9.17, 15) is 26.4 Å². The number of aliphatic carboxylic acids is 1. The Kier molecular flexibility index (Phi) is 3.69. The monoisotopic (exact) mass is 276 g/mol. The van der Waals surface area contributed by atoms with Crippen LogP contribution in [0.1, 0.15) is 12.8 Å². The molecule has 1 aliphatic carbocycles. The molecule has 0 amide bonds. The topological polar surface area (TPSA) is 95.5 Å². The van der Waals surface area contributed by atoms with Crippen molar-refractivity contribution in [2.45, 2.75) is 19.0 Å². The molecule has 0 aliphatic heterocycles. The zero-order chi connectivity index (χ0) is 13.3. The van der Waals surface area contributed by atoms with E-state index in [2.05, 4.69) is 0 Å². The van der Waals surface area contributed by atoms with Gasteiger partial charge in [-0.2, -0.15) is 26.3 Å². The minimum absolute atomic E-state index is 0.310. The molecule has 0 aromatic rings. The lowest BCUT2D eigenvalue weighted by Gasteiger charge is -2.13. The SMILES string of the molecule is O=C(O)C1(CNS(=O)(=O)NCC(F)(F)F)CC1. The average Bonchev–Trinajstić information content (AvgIpc) is 2.92. The number of hydrogen-bond donors (Lipinski definition) is 3. The van der Waals surface area contributed by atoms with Crippen molar-refractivity contribution in [3.63, 3.8) is 0 Å². The summed E-state index contributed by atoms with van der Waals surface area (Å²) >= 11 is 0. The van der Waals surface area contributed by atoms with Gasteiger partial charge in [0.15, 0.2) is 0 Å². The van der Waals surface area contributed by atoms with Crippen LogP contribution in [0.3, 0.4) is 0 Å². The lowest BCUT2D eigenvalue weighted by Crippen LogP contribution is -2.44. The van der Waals surface area contributed by atoms with Crippen molar-refractivity contribution in [3.8, 4) is 0 Å². The number of alkyl halides is 3. The second kappa shape index (κ2) is 4.42. The van der Waals surface area contributed by atoms with Crippen LogP contribution < -0.4 is 9.44 Å². The van der Waals surface area contributed by atoms with Crippen molar-refractivity contribution in [1.29, 1.82) is 0 Å². The average molecular weight is 276 g/mol. The quantitative estimate of drug-likeness (QED) is 0.628. The maximum absolute atomic E-state index is 11.8. The van der Waals surface area contributed by atoms with Gasteiger partial charge in [-0.05, 0) is 12.8 Å². The van der Waals surface area contributed by atoms with Gasteiger partial charge in [0.25, 0.3) is 10.2 Å². The summed E-state index contributed by atoms with van der Waals surface area (Å²) in [4.78, 5) is 10.7. The van der Waals surface area contributed by atoms with E-state index in [-0.39, 0.29) is 0 Å². The third-order valence-corrected chi connectivity index (χ3v) is 3.42. The fourth-order valence-corrected chi connectivity index (χ4v) is 2.00. The molecule has 0 heterocycles. The zero-order valence-electron chi connectivity index (χ0n) is 8.54. The predicted octanol–water partition coefficient (Wildman–Crippen LogP) is -0.163. The van der Waals surface area contributed by atoms with Gasteiger partial charge >= 0.3 is 12.1 Å². The molecule has 0 saturated heterocycles. The highest BCUT2D eigenvalue weighted by Crippen LogP contribution is 2.45. The number of hydrogen-bond acceptors (Lipinski definition) is 3. The van der Waals surface area contributed by atoms with Crippen molar-refractivity contribution < 1.29 is 31.5 Å². The Morgan fingerprint density at radius 1 is 1.29 bits per heavy atom. The molecular weight excluding hydrogens is 265 g/mol. The van der Waals surface area contributed by atoms with Gasteiger partial charge in [-0.15, -0.1) is 0 Å².